The van der Waals surface area contributed by atoms with Crippen LogP contribution in [0.15, 0.2) is 23.0 Å². The van der Waals surface area contributed by atoms with Crippen molar-refractivity contribution in [1.29, 1.82) is 0 Å². The zero-order valence-electron chi connectivity index (χ0n) is 19.5. The standard InChI is InChI=1S/C26H35N5O2/c32-25(15-18-5-1-2-6-18)29-12-9-19(10-13-29)23-16-24-27-22-11-14-30(20-7-3-4-8-20)17-21(22)26(33)31(24)28-23/h1,5,16,18-20,28H,2-4,6-15,17H2/t18-/m0/s1. The number of amides is 1. The van der Waals surface area contributed by atoms with E-state index in [1.165, 1.54) is 25.7 Å². The fourth-order valence-electron chi connectivity index (χ4n) is 6.47. The van der Waals surface area contributed by atoms with E-state index in [-0.39, 0.29) is 5.56 Å². The maximum atomic E-state index is 13.3. The minimum atomic E-state index is 0.0705. The molecule has 1 amide bonds. The highest BCUT2D eigenvalue weighted by molar-refractivity contribution is 5.76. The van der Waals surface area contributed by atoms with Crippen LogP contribution in [0, 0.1) is 5.92 Å². The van der Waals surface area contributed by atoms with E-state index in [2.05, 4.69) is 28.2 Å². The minimum Gasteiger partial charge on any atom is -0.343 e. The molecule has 2 aromatic rings. The van der Waals surface area contributed by atoms with E-state index in [9.17, 15) is 9.59 Å². The summed E-state index contributed by atoms with van der Waals surface area (Å²) in [6.07, 6.45) is 15.1. The van der Waals surface area contributed by atoms with Crippen LogP contribution in [0.3, 0.4) is 0 Å². The number of aromatic amines is 1. The molecule has 1 saturated heterocycles. The number of allylic oxidation sites excluding steroid dienone is 2. The number of hydrogen-bond donors (Lipinski definition) is 1. The number of carbonyl (C=O) groups excluding carboxylic acids is 1. The second kappa shape index (κ2) is 8.75. The third kappa shape index (κ3) is 4.05. The Morgan fingerprint density at radius 2 is 1.91 bits per heavy atom. The first-order chi connectivity index (χ1) is 16.2. The molecule has 1 saturated carbocycles. The van der Waals surface area contributed by atoms with E-state index in [1.807, 2.05) is 4.90 Å². The maximum absolute atomic E-state index is 13.3. The van der Waals surface area contributed by atoms with Gasteiger partial charge in [0.15, 0.2) is 5.65 Å². The Balaban J connectivity index is 1.15. The van der Waals surface area contributed by atoms with E-state index in [1.54, 1.807) is 4.52 Å². The molecule has 2 fully saturated rings. The summed E-state index contributed by atoms with van der Waals surface area (Å²) < 4.78 is 1.66. The smallest absolute Gasteiger partial charge is 0.277 e. The van der Waals surface area contributed by atoms with Crippen LogP contribution >= 0.6 is 0 Å². The number of likely N-dealkylation sites (tertiary alicyclic amines) is 1. The Morgan fingerprint density at radius 1 is 1.09 bits per heavy atom. The summed E-state index contributed by atoms with van der Waals surface area (Å²) >= 11 is 0. The highest BCUT2D eigenvalue weighted by Gasteiger charge is 2.30. The number of nitrogens with zero attached hydrogens (tertiary/aromatic N) is 4. The summed E-state index contributed by atoms with van der Waals surface area (Å²) in [5.74, 6) is 1.06. The molecule has 1 N–H and O–H groups in total. The van der Waals surface area contributed by atoms with E-state index in [4.69, 9.17) is 4.98 Å². The summed E-state index contributed by atoms with van der Waals surface area (Å²) in [5.41, 5.74) is 3.76. The highest BCUT2D eigenvalue weighted by Crippen LogP contribution is 2.30. The predicted octanol–water partition coefficient (Wildman–Crippen LogP) is 3.39. The molecule has 176 valence electrons. The van der Waals surface area contributed by atoms with Crippen molar-refractivity contribution in [2.45, 2.75) is 82.7 Å². The molecule has 2 aliphatic heterocycles. The van der Waals surface area contributed by atoms with E-state index in [0.29, 0.717) is 30.2 Å². The first kappa shape index (κ1) is 21.1. The third-order valence-corrected chi connectivity index (χ3v) is 8.49. The fraction of sp³-hybridized carbons (Fsp3) is 0.654. The lowest BCUT2D eigenvalue weighted by Crippen LogP contribution is -2.41. The van der Waals surface area contributed by atoms with Crippen molar-refractivity contribution in [3.63, 3.8) is 0 Å². The molecular formula is C26H35N5O2. The summed E-state index contributed by atoms with van der Waals surface area (Å²) in [7, 11) is 0. The lowest BCUT2D eigenvalue weighted by Gasteiger charge is -2.32. The molecule has 0 bridgehead atoms. The van der Waals surface area contributed by atoms with Gasteiger partial charge in [-0.3, -0.25) is 19.6 Å². The number of carbonyl (C=O) groups is 1. The van der Waals surface area contributed by atoms with Gasteiger partial charge >= 0.3 is 0 Å². The Labute approximate surface area is 194 Å². The van der Waals surface area contributed by atoms with Gasteiger partial charge in [0.05, 0.1) is 11.3 Å². The van der Waals surface area contributed by atoms with Gasteiger partial charge in [-0.15, -0.1) is 0 Å². The van der Waals surface area contributed by atoms with Gasteiger partial charge in [0.25, 0.3) is 5.56 Å². The lowest BCUT2D eigenvalue weighted by atomic mass is 9.93. The second-order valence-corrected chi connectivity index (χ2v) is 10.5. The summed E-state index contributed by atoms with van der Waals surface area (Å²) in [4.78, 5) is 35.4. The van der Waals surface area contributed by atoms with Crippen molar-refractivity contribution < 1.29 is 4.79 Å². The number of nitrogens with one attached hydrogen (secondary N) is 1. The van der Waals surface area contributed by atoms with Gasteiger partial charge in [-0.2, -0.15) is 0 Å². The molecule has 0 spiro atoms. The molecule has 2 aliphatic carbocycles. The molecule has 7 nitrogen and oxygen atoms in total. The number of H-pyrrole nitrogens is 1. The van der Waals surface area contributed by atoms with Crippen LogP contribution in [0.2, 0.25) is 0 Å². The van der Waals surface area contributed by atoms with E-state index >= 15 is 0 Å². The first-order valence-corrected chi connectivity index (χ1v) is 13.0. The third-order valence-electron chi connectivity index (χ3n) is 8.49. The van der Waals surface area contributed by atoms with Crippen molar-refractivity contribution >= 4 is 11.6 Å². The number of fused-ring (bicyclic) bond motifs is 2. The van der Waals surface area contributed by atoms with E-state index in [0.717, 1.165) is 80.9 Å². The molecule has 33 heavy (non-hydrogen) atoms. The second-order valence-electron chi connectivity index (χ2n) is 10.5. The largest absolute Gasteiger partial charge is 0.343 e. The molecule has 0 unspecified atom stereocenters. The average Bonchev–Trinajstić information content (AvgIpc) is 3.61. The van der Waals surface area contributed by atoms with E-state index < -0.39 is 0 Å². The predicted molar refractivity (Wildman–Crippen MR) is 127 cm³/mol. The van der Waals surface area contributed by atoms with Crippen LogP contribution in [-0.4, -0.2) is 56.0 Å². The first-order valence-electron chi connectivity index (χ1n) is 13.0. The Bertz CT molecular complexity index is 1120. The van der Waals surface area contributed by atoms with Crippen LogP contribution < -0.4 is 5.56 Å². The van der Waals surface area contributed by atoms with Crippen LogP contribution in [-0.2, 0) is 17.8 Å². The SMILES string of the molecule is O=C(C[C@H]1C=CCC1)N1CCC(c2cc3nc4c(c(=O)n3[nH]2)CN(C2CCCC2)CC4)CC1. The van der Waals surface area contributed by atoms with Gasteiger partial charge in [-0.05, 0) is 44.4 Å². The van der Waals surface area contributed by atoms with Gasteiger partial charge in [0, 0.05) is 62.7 Å². The molecule has 7 heteroatoms. The quantitative estimate of drug-likeness (QED) is 0.727. The monoisotopic (exact) mass is 449 g/mol. The van der Waals surface area contributed by atoms with Crippen molar-refractivity contribution in [3.8, 4) is 0 Å². The topological polar surface area (TPSA) is 73.7 Å². The van der Waals surface area contributed by atoms with Crippen molar-refractivity contribution in [2.24, 2.45) is 5.92 Å². The summed E-state index contributed by atoms with van der Waals surface area (Å²) in [6, 6.07) is 2.70. The molecular weight excluding hydrogens is 414 g/mol. The van der Waals surface area contributed by atoms with Crippen LogP contribution in [0.4, 0.5) is 0 Å². The summed E-state index contributed by atoms with van der Waals surface area (Å²) in [5, 5.41) is 3.38. The molecule has 1 atom stereocenters. The van der Waals surface area contributed by atoms with Gasteiger partial charge in [0.2, 0.25) is 5.91 Å². The fourth-order valence-corrected chi connectivity index (χ4v) is 6.47. The highest BCUT2D eigenvalue weighted by atomic mass is 16.2. The number of hydrogen-bond acceptors (Lipinski definition) is 4. The Morgan fingerprint density at radius 3 is 2.67 bits per heavy atom. The minimum absolute atomic E-state index is 0.0705. The van der Waals surface area contributed by atoms with Gasteiger partial charge < -0.3 is 4.90 Å². The van der Waals surface area contributed by atoms with Gasteiger partial charge in [-0.1, -0.05) is 25.0 Å². The zero-order chi connectivity index (χ0) is 22.4. The molecule has 4 heterocycles. The Kier molecular flexibility index (Phi) is 5.60. The maximum Gasteiger partial charge on any atom is 0.277 e. The van der Waals surface area contributed by atoms with Crippen molar-refractivity contribution in [2.75, 3.05) is 19.6 Å². The molecule has 4 aliphatic rings. The van der Waals surface area contributed by atoms with Crippen molar-refractivity contribution in [3.05, 3.63) is 45.5 Å². The van der Waals surface area contributed by atoms with Crippen LogP contribution in [0.1, 0.15) is 80.7 Å². The molecule has 0 radical (unpaired) electrons. The average molecular weight is 450 g/mol. The normalized spacial score (nSPS) is 24.7. The number of rotatable bonds is 4. The molecule has 0 aromatic carbocycles. The van der Waals surface area contributed by atoms with Gasteiger partial charge in [-0.25, -0.2) is 9.50 Å². The van der Waals surface area contributed by atoms with Crippen LogP contribution in [0.5, 0.6) is 0 Å². The molecule has 2 aromatic heterocycles. The lowest BCUT2D eigenvalue weighted by molar-refractivity contribution is -0.132. The number of piperidine rings is 1. The van der Waals surface area contributed by atoms with Gasteiger partial charge in [0.1, 0.15) is 0 Å². The van der Waals surface area contributed by atoms with Crippen LogP contribution in [0.25, 0.3) is 5.65 Å². The summed E-state index contributed by atoms with van der Waals surface area (Å²) in [6.45, 7) is 3.34. The Hall–Kier alpha value is -2.41. The zero-order valence-corrected chi connectivity index (χ0v) is 19.5. The number of aromatic nitrogens is 3. The molecule has 6 rings (SSSR count). The van der Waals surface area contributed by atoms with Crippen molar-refractivity contribution in [1.82, 2.24) is 24.4 Å².